The van der Waals surface area contributed by atoms with Crippen LogP contribution in [0.3, 0.4) is 0 Å². The third kappa shape index (κ3) is 4.43. The molecule has 0 aliphatic rings. The van der Waals surface area contributed by atoms with Gasteiger partial charge in [-0.2, -0.15) is 0 Å². The minimum atomic E-state index is -3.60. The molecule has 0 aliphatic carbocycles. The highest BCUT2D eigenvalue weighted by Gasteiger charge is 2.29. The van der Waals surface area contributed by atoms with Crippen LogP contribution in [0, 0.1) is 10.1 Å². The van der Waals surface area contributed by atoms with Crippen molar-refractivity contribution in [1.82, 2.24) is 0 Å². The van der Waals surface area contributed by atoms with E-state index in [0.29, 0.717) is 5.56 Å². The molecule has 0 bridgehead atoms. The number of hydrogen-bond donors (Lipinski definition) is 2. The first-order valence-corrected chi connectivity index (χ1v) is 7.93. The van der Waals surface area contributed by atoms with Crippen LogP contribution >= 0.6 is 7.37 Å². The van der Waals surface area contributed by atoms with Gasteiger partial charge < -0.3 is 10.00 Å². The first-order valence-electron chi connectivity index (χ1n) is 6.01. The second-order valence-electron chi connectivity index (χ2n) is 4.50. The van der Waals surface area contributed by atoms with Gasteiger partial charge in [-0.25, -0.2) is 0 Å². The van der Waals surface area contributed by atoms with Gasteiger partial charge in [0.1, 0.15) is 0 Å². The molecule has 110 valence electrons. The van der Waals surface area contributed by atoms with Gasteiger partial charge >= 0.3 is 5.97 Å². The molecule has 20 heavy (non-hydrogen) atoms. The van der Waals surface area contributed by atoms with Crippen LogP contribution in [-0.2, 0) is 9.36 Å². The fourth-order valence-electron chi connectivity index (χ4n) is 1.78. The van der Waals surface area contributed by atoms with Gasteiger partial charge in [0.05, 0.1) is 10.6 Å². The molecule has 0 radical (unpaired) electrons. The Balaban J connectivity index is 2.84. The summed E-state index contributed by atoms with van der Waals surface area (Å²) in [6.07, 6.45) is -0.197. The first-order chi connectivity index (χ1) is 9.24. The quantitative estimate of drug-likeness (QED) is 0.454. The van der Waals surface area contributed by atoms with Crippen molar-refractivity contribution in [3.05, 3.63) is 39.9 Å². The zero-order chi connectivity index (χ0) is 15.3. The summed E-state index contributed by atoms with van der Waals surface area (Å²) in [4.78, 5) is 30.5. The molecule has 1 aromatic rings. The summed E-state index contributed by atoms with van der Waals surface area (Å²) < 4.78 is 12.2. The molecule has 8 heteroatoms. The molecule has 2 N–H and O–H groups in total. The highest BCUT2D eigenvalue weighted by atomic mass is 31.2. The van der Waals surface area contributed by atoms with E-state index in [2.05, 4.69) is 0 Å². The summed E-state index contributed by atoms with van der Waals surface area (Å²) in [7, 11) is -3.60. The number of carboxylic acids is 1. The molecular weight excluding hydrogens is 285 g/mol. The zero-order valence-electron chi connectivity index (χ0n) is 10.9. The maximum Gasteiger partial charge on any atom is 0.303 e. The van der Waals surface area contributed by atoms with Crippen molar-refractivity contribution >= 4 is 19.0 Å². The Bertz CT molecular complexity index is 559. The molecule has 2 unspecified atom stereocenters. The maximum absolute atomic E-state index is 12.2. The highest BCUT2D eigenvalue weighted by molar-refractivity contribution is 7.58. The van der Waals surface area contributed by atoms with Crippen LogP contribution in [0.25, 0.3) is 0 Å². The molecule has 0 aromatic heterocycles. The van der Waals surface area contributed by atoms with Crippen LogP contribution in [0.2, 0.25) is 0 Å². The van der Waals surface area contributed by atoms with E-state index in [1.807, 2.05) is 0 Å². The average Bonchev–Trinajstić information content (AvgIpc) is 2.37. The van der Waals surface area contributed by atoms with E-state index >= 15 is 0 Å². The molecule has 0 saturated heterocycles. The van der Waals surface area contributed by atoms with Gasteiger partial charge in [-0.05, 0) is 18.9 Å². The van der Waals surface area contributed by atoms with Gasteiger partial charge in [0.2, 0.25) is 7.37 Å². The fourth-order valence-corrected chi connectivity index (χ4v) is 3.41. The van der Waals surface area contributed by atoms with Crippen molar-refractivity contribution in [3.8, 4) is 0 Å². The third-order valence-corrected chi connectivity index (χ3v) is 5.50. The molecule has 0 amide bonds. The van der Waals surface area contributed by atoms with Crippen LogP contribution in [0.1, 0.15) is 31.0 Å². The lowest BCUT2D eigenvalue weighted by atomic mass is 10.1. The summed E-state index contributed by atoms with van der Waals surface area (Å²) >= 11 is 0. The number of nitro benzene ring substituents is 1. The molecule has 1 aromatic carbocycles. The normalized spacial score (nSPS) is 15.3. The van der Waals surface area contributed by atoms with Crippen LogP contribution in [0.15, 0.2) is 24.3 Å². The lowest BCUT2D eigenvalue weighted by Crippen LogP contribution is -2.03. The molecule has 1 rings (SSSR count). The van der Waals surface area contributed by atoms with E-state index in [4.69, 9.17) is 5.11 Å². The molecule has 0 heterocycles. The topological polar surface area (TPSA) is 118 Å². The number of nitro groups is 1. The van der Waals surface area contributed by atoms with E-state index in [1.165, 1.54) is 25.1 Å². The number of nitrogens with zero attached hydrogens (tertiary/aromatic N) is 1. The number of hydrogen-bond acceptors (Lipinski definition) is 4. The monoisotopic (exact) mass is 301 g/mol. The number of carboxylic acid groups (broad SMARTS) is 1. The van der Waals surface area contributed by atoms with Crippen LogP contribution in [-0.4, -0.2) is 27.1 Å². The zero-order valence-corrected chi connectivity index (χ0v) is 11.8. The number of rotatable bonds is 7. The van der Waals surface area contributed by atoms with Gasteiger partial charge in [0.15, 0.2) is 0 Å². The van der Waals surface area contributed by atoms with Crippen molar-refractivity contribution in [2.45, 2.75) is 25.4 Å². The van der Waals surface area contributed by atoms with Crippen LogP contribution in [0.5, 0.6) is 0 Å². The minimum absolute atomic E-state index is 0.0996. The SMILES string of the molecule is CC(c1cccc([N+](=O)[O-])c1)P(=O)(O)CCCC(=O)O. The smallest absolute Gasteiger partial charge is 0.303 e. The first kappa shape index (κ1) is 16.3. The van der Waals surface area contributed by atoms with Crippen molar-refractivity contribution in [2.24, 2.45) is 0 Å². The van der Waals surface area contributed by atoms with Crippen molar-refractivity contribution < 1.29 is 24.3 Å². The van der Waals surface area contributed by atoms with Gasteiger partial charge in [-0.1, -0.05) is 12.1 Å². The van der Waals surface area contributed by atoms with E-state index in [-0.39, 0.29) is 24.7 Å². The van der Waals surface area contributed by atoms with Crippen molar-refractivity contribution in [2.75, 3.05) is 6.16 Å². The lowest BCUT2D eigenvalue weighted by molar-refractivity contribution is -0.384. The maximum atomic E-state index is 12.2. The summed E-state index contributed by atoms with van der Waals surface area (Å²) in [5.41, 5.74) is -0.503. The average molecular weight is 301 g/mol. The van der Waals surface area contributed by atoms with E-state index in [0.717, 1.165) is 0 Å². The van der Waals surface area contributed by atoms with Gasteiger partial charge in [0, 0.05) is 24.7 Å². The molecular formula is C12H16NO6P. The van der Waals surface area contributed by atoms with E-state index < -0.39 is 23.9 Å². The number of carbonyl (C=O) groups is 1. The summed E-state index contributed by atoms with van der Waals surface area (Å²) in [6.45, 7) is 1.51. The Morgan fingerprint density at radius 3 is 2.70 bits per heavy atom. The predicted octanol–water partition coefficient (Wildman–Crippen LogP) is 2.79. The Hall–Kier alpha value is -1.72. The van der Waals surface area contributed by atoms with E-state index in [9.17, 15) is 24.4 Å². The van der Waals surface area contributed by atoms with E-state index in [1.54, 1.807) is 6.07 Å². The summed E-state index contributed by atoms with van der Waals surface area (Å²) in [6, 6.07) is 5.59. The third-order valence-electron chi connectivity index (χ3n) is 3.04. The molecule has 0 spiro atoms. The molecule has 7 nitrogen and oxygen atoms in total. The minimum Gasteiger partial charge on any atom is -0.481 e. The molecule has 0 fully saturated rings. The second-order valence-corrected chi connectivity index (χ2v) is 7.24. The lowest BCUT2D eigenvalue weighted by Gasteiger charge is -2.19. The Morgan fingerprint density at radius 1 is 1.50 bits per heavy atom. The fraction of sp³-hybridized carbons (Fsp3) is 0.417. The largest absolute Gasteiger partial charge is 0.481 e. The second kappa shape index (κ2) is 6.63. The standard InChI is InChI=1S/C12H16NO6P/c1-9(20(18,19)7-3-6-12(14)15)10-4-2-5-11(8-10)13(16)17/h2,4-5,8-9H,3,6-7H2,1H3,(H,14,15)(H,18,19). The molecule has 0 aliphatic heterocycles. The van der Waals surface area contributed by atoms with Crippen molar-refractivity contribution in [1.29, 1.82) is 0 Å². The predicted molar refractivity (Wildman–Crippen MR) is 73.1 cm³/mol. The van der Waals surface area contributed by atoms with Crippen LogP contribution < -0.4 is 0 Å². The Kier molecular flexibility index (Phi) is 5.42. The number of aliphatic carboxylic acids is 1. The Labute approximate surface area is 115 Å². The van der Waals surface area contributed by atoms with Gasteiger partial charge in [0.25, 0.3) is 5.69 Å². The summed E-state index contributed by atoms with van der Waals surface area (Å²) in [5.74, 6) is -1.02. The van der Waals surface area contributed by atoms with Gasteiger partial charge in [-0.15, -0.1) is 0 Å². The molecule has 2 atom stereocenters. The molecule has 0 saturated carbocycles. The number of benzene rings is 1. The van der Waals surface area contributed by atoms with Gasteiger partial charge in [-0.3, -0.25) is 19.5 Å². The highest BCUT2D eigenvalue weighted by Crippen LogP contribution is 2.56. The number of non-ortho nitro benzene ring substituents is 1. The summed E-state index contributed by atoms with van der Waals surface area (Å²) in [5, 5.41) is 19.2. The Morgan fingerprint density at radius 2 is 2.15 bits per heavy atom. The van der Waals surface area contributed by atoms with Crippen LogP contribution in [0.4, 0.5) is 5.69 Å². The van der Waals surface area contributed by atoms with Crippen molar-refractivity contribution in [3.63, 3.8) is 0 Å².